The van der Waals surface area contributed by atoms with Gasteiger partial charge in [-0.15, -0.1) is 0 Å². The lowest BCUT2D eigenvalue weighted by Gasteiger charge is -2.12. The van der Waals surface area contributed by atoms with Crippen molar-refractivity contribution in [3.63, 3.8) is 0 Å². The monoisotopic (exact) mass is 353 g/mol. The fourth-order valence-corrected chi connectivity index (χ4v) is 3.40. The number of nitrogens with zero attached hydrogens (tertiary/aromatic N) is 1. The average Bonchev–Trinajstić information content (AvgIpc) is 2.71. The lowest BCUT2D eigenvalue weighted by atomic mass is 9.98. The SMILES string of the molecule is N#Cc1ccc(Cc2c(-c3ccccc3)oc3ccccc3c2=S)cc1. The Balaban J connectivity index is 1.92. The van der Waals surface area contributed by atoms with Crippen LogP contribution in [-0.4, -0.2) is 0 Å². The highest BCUT2D eigenvalue weighted by Crippen LogP contribution is 2.32. The minimum Gasteiger partial charge on any atom is -0.456 e. The number of nitriles is 1. The van der Waals surface area contributed by atoms with Gasteiger partial charge in [-0.2, -0.15) is 5.26 Å². The normalized spacial score (nSPS) is 10.6. The smallest absolute Gasteiger partial charge is 0.139 e. The van der Waals surface area contributed by atoms with E-state index in [-0.39, 0.29) is 0 Å². The maximum Gasteiger partial charge on any atom is 0.139 e. The van der Waals surface area contributed by atoms with Crippen LogP contribution in [0.5, 0.6) is 0 Å². The Morgan fingerprint density at radius 1 is 0.846 bits per heavy atom. The van der Waals surface area contributed by atoms with Gasteiger partial charge >= 0.3 is 0 Å². The molecule has 2 nitrogen and oxygen atoms in total. The number of benzene rings is 3. The van der Waals surface area contributed by atoms with Gasteiger partial charge < -0.3 is 4.42 Å². The molecule has 0 aliphatic rings. The van der Waals surface area contributed by atoms with E-state index in [4.69, 9.17) is 21.9 Å². The first-order chi connectivity index (χ1) is 12.8. The first kappa shape index (κ1) is 16.3. The highest BCUT2D eigenvalue weighted by molar-refractivity contribution is 7.71. The van der Waals surface area contributed by atoms with E-state index in [0.29, 0.717) is 12.0 Å². The molecule has 4 rings (SSSR count). The number of fused-ring (bicyclic) bond motifs is 1. The van der Waals surface area contributed by atoms with E-state index in [1.807, 2.05) is 78.9 Å². The Labute approximate surface area is 157 Å². The Kier molecular flexibility index (Phi) is 4.35. The van der Waals surface area contributed by atoms with Crippen LogP contribution in [-0.2, 0) is 6.42 Å². The third-order valence-corrected chi connectivity index (χ3v) is 4.86. The molecule has 3 heteroatoms. The molecule has 0 amide bonds. The van der Waals surface area contributed by atoms with Gasteiger partial charge in [-0.25, -0.2) is 0 Å². The van der Waals surface area contributed by atoms with Crippen molar-refractivity contribution in [3.05, 3.63) is 100 Å². The molecule has 0 atom stereocenters. The molecule has 0 aliphatic carbocycles. The summed E-state index contributed by atoms with van der Waals surface area (Å²) < 4.78 is 7.07. The van der Waals surface area contributed by atoms with Crippen LogP contribution in [0, 0.1) is 15.8 Å². The van der Waals surface area contributed by atoms with Crippen molar-refractivity contribution in [1.29, 1.82) is 5.26 Å². The van der Waals surface area contributed by atoms with Crippen LogP contribution in [0.1, 0.15) is 16.7 Å². The first-order valence-corrected chi connectivity index (χ1v) is 8.76. The van der Waals surface area contributed by atoms with Gasteiger partial charge in [-0.3, -0.25) is 0 Å². The topological polar surface area (TPSA) is 36.9 Å². The van der Waals surface area contributed by atoms with Crippen LogP contribution in [0.4, 0.5) is 0 Å². The van der Waals surface area contributed by atoms with E-state index in [1.54, 1.807) is 0 Å². The van der Waals surface area contributed by atoms with Crippen LogP contribution in [0.2, 0.25) is 0 Å². The molecular weight excluding hydrogens is 338 g/mol. The molecule has 1 aromatic heterocycles. The van der Waals surface area contributed by atoms with Crippen LogP contribution in [0.15, 0.2) is 83.3 Å². The predicted molar refractivity (Wildman–Crippen MR) is 106 cm³/mol. The highest BCUT2D eigenvalue weighted by Gasteiger charge is 2.14. The predicted octanol–water partition coefficient (Wildman–Crippen LogP) is 6.29. The van der Waals surface area contributed by atoms with Gasteiger partial charge in [0.1, 0.15) is 11.3 Å². The molecule has 0 unspecified atom stereocenters. The number of hydrogen-bond acceptors (Lipinski definition) is 3. The lowest BCUT2D eigenvalue weighted by molar-refractivity contribution is 0.613. The van der Waals surface area contributed by atoms with Crippen molar-refractivity contribution in [3.8, 4) is 17.4 Å². The van der Waals surface area contributed by atoms with Crippen LogP contribution < -0.4 is 0 Å². The van der Waals surface area contributed by atoms with Crippen LogP contribution in [0.25, 0.3) is 22.3 Å². The molecule has 0 bridgehead atoms. The van der Waals surface area contributed by atoms with Gasteiger partial charge in [-0.1, -0.05) is 66.8 Å². The second kappa shape index (κ2) is 6.95. The summed E-state index contributed by atoms with van der Waals surface area (Å²) in [6.07, 6.45) is 0.656. The molecule has 0 saturated heterocycles. The van der Waals surface area contributed by atoms with E-state index in [0.717, 1.165) is 37.9 Å². The van der Waals surface area contributed by atoms with E-state index in [1.165, 1.54) is 0 Å². The van der Waals surface area contributed by atoms with Gasteiger partial charge in [0.25, 0.3) is 0 Å². The Morgan fingerprint density at radius 3 is 2.27 bits per heavy atom. The minimum atomic E-state index is 0.652. The summed E-state index contributed by atoms with van der Waals surface area (Å²) in [6, 6.07) is 27.7. The number of para-hydroxylation sites is 1. The fraction of sp³-hybridized carbons (Fsp3) is 0.0435. The maximum atomic E-state index is 8.99. The van der Waals surface area contributed by atoms with Gasteiger partial charge in [0.15, 0.2) is 0 Å². The summed E-state index contributed by atoms with van der Waals surface area (Å²) in [4.78, 5) is 0. The van der Waals surface area contributed by atoms with E-state index >= 15 is 0 Å². The molecule has 4 aromatic rings. The third-order valence-electron chi connectivity index (χ3n) is 4.39. The summed E-state index contributed by atoms with van der Waals surface area (Å²) in [7, 11) is 0. The number of hydrogen-bond donors (Lipinski definition) is 0. The van der Waals surface area contributed by atoms with Crippen molar-refractivity contribution in [2.24, 2.45) is 0 Å². The molecule has 0 spiro atoms. The molecule has 124 valence electrons. The zero-order valence-corrected chi connectivity index (χ0v) is 14.8. The van der Waals surface area contributed by atoms with Crippen LogP contribution in [0.3, 0.4) is 0 Å². The molecular formula is C23H15NOS. The quantitative estimate of drug-likeness (QED) is 0.406. The number of rotatable bonds is 3. The molecule has 0 N–H and O–H groups in total. The van der Waals surface area contributed by atoms with Crippen molar-refractivity contribution in [2.45, 2.75) is 6.42 Å². The third kappa shape index (κ3) is 3.03. The van der Waals surface area contributed by atoms with E-state index in [9.17, 15) is 0 Å². The summed E-state index contributed by atoms with van der Waals surface area (Å²) >= 11 is 5.82. The summed E-state index contributed by atoms with van der Waals surface area (Å²) in [6.45, 7) is 0. The minimum absolute atomic E-state index is 0.652. The largest absolute Gasteiger partial charge is 0.456 e. The maximum absolute atomic E-state index is 8.99. The summed E-state index contributed by atoms with van der Waals surface area (Å²) in [5, 5.41) is 9.94. The molecule has 0 aliphatic heterocycles. The van der Waals surface area contributed by atoms with Gasteiger partial charge in [-0.05, 0) is 29.8 Å². The van der Waals surface area contributed by atoms with Gasteiger partial charge in [0.2, 0.25) is 0 Å². The van der Waals surface area contributed by atoms with Crippen molar-refractivity contribution in [2.75, 3.05) is 0 Å². The fourth-order valence-electron chi connectivity index (χ4n) is 3.06. The standard InChI is InChI=1S/C23H15NOS/c24-15-17-12-10-16(11-13-17)14-20-22(18-6-2-1-3-7-18)25-21-9-5-4-8-19(21)23(20)26/h1-13H,14H2. The van der Waals surface area contributed by atoms with Crippen molar-refractivity contribution >= 4 is 23.2 Å². The van der Waals surface area contributed by atoms with E-state index in [2.05, 4.69) is 6.07 Å². The lowest BCUT2D eigenvalue weighted by Crippen LogP contribution is -1.95. The molecule has 0 radical (unpaired) electrons. The highest BCUT2D eigenvalue weighted by atomic mass is 32.1. The second-order valence-corrected chi connectivity index (χ2v) is 6.49. The summed E-state index contributed by atoms with van der Waals surface area (Å²) in [5.74, 6) is 0.804. The Hall–Kier alpha value is -3.22. The molecule has 0 saturated carbocycles. The van der Waals surface area contributed by atoms with Gasteiger partial charge in [0.05, 0.1) is 16.1 Å². The first-order valence-electron chi connectivity index (χ1n) is 8.35. The zero-order valence-electron chi connectivity index (χ0n) is 14.0. The van der Waals surface area contributed by atoms with Gasteiger partial charge in [0, 0.05) is 22.9 Å². The molecule has 1 heterocycles. The molecule has 3 aromatic carbocycles. The zero-order chi connectivity index (χ0) is 17.9. The average molecular weight is 353 g/mol. The van der Waals surface area contributed by atoms with Crippen molar-refractivity contribution < 1.29 is 4.42 Å². The molecule has 26 heavy (non-hydrogen) atoms. The van der Waals surface area contributed by atoms with E-state index < -0.39 is 0 Å². The van der Waals surface area contributed by atoms with Crippen molar-refractivity contribution in [1.82, 2.24) is 0 Å². The summed E-state index contributed by atoms with van der Waals surface area (Å²) in [5.41, 5.74) is 4.54. The Bertz CT molecular complexity index is 1170. The Morgan fingerprint density at radius 2 is 1.54 bits per heavy atom. The second-order valence-electron chi connectivity index (χ2n) is 6.09. The molecule has 0 fully saturated rings. The van der Waals surface area contributed by atoms with Crippen LogP contribution >= 0.6 is 12.2 Å².